The monoisotopic (exact) mass is 366 g/mol. The van der Waals surface area contributed by atoms with Crippen LogP contribution in [0.1, 0.15) is 61.9 Å². The number of nitrogens with one attached hydrogen (secondary N) is 1. The average molecular weight is 367 g/mol. The molecular weight excluding hydrogens is 336 g/mol. The third-order valence-electron chi connectivity index (χ3n) is 7.25. The lowest BCUT2D eigenvalue weighted by Gasteiger charge is -2.56. The van der Waals surface area contributed by atoms with Gasteiger partial charge in [-0.15, -0.1) is 0 Å². The van der Waals surface area contributed by atoms with Gasteiger partial charge in [0.2, 0.25) is 0 Å². The summed E-state index contributed by atoms with van der Waals surface area (Å²) in [6.07, 6.45) is 9.33. The zero-order chi connectivity index (χ0) is 18.4. The van der Waals surface area contributed by atoms with Crippen LogP contribution in [0.5, 0.6) is 0 Å². The molecule has 1 aromatic carbocycles. The summed E-state index contributed by atoms with van der Waals surface area (Å²) in [6.45, 7) is 0.978. The molecular formula is C23H30N2O2. The summed E-state index contributed by atoms with van der Waals surface area (Å²) in [4.78, 5) is 13.4. The number of nitrogens with zero attached hydrogens (tertiary/aromatic N) is 1. The standard InChI is InChI=1S/C23H30N2O2/c26-8-4-3-7-25-20-6-2-1-5-19(20)12-21(25)22(27)24-23-13-16-9-17(14-23)11-18(10-16)15-23/h1-2,5-6,12,16-18,26H,3-4,7-11,13-15H2,(H,24,27). The number of aryl methyl sites for hydroxylation is 1. The average Bonchev–Trinajstić information content (AvgIpc) is 2.99. The van der Waals surface area contributed by atoms with Crippen LogP contribution in [0.15, 0.2) is 30.3 Å². The van der Waals surface area contributed by atoms with Gasteiger partial charge in [0.05, 0.1) is 0 Å². The number of benzene rings is 1. The van der Waals surface area contributed by atoms with E-state index in [4.69, 9.17) is 5.11 Å². The second-order valence-electron chi connectivity index (χ2n) is 9.32. The van der Waals surface area contributed by atoms with Crippen LogP contribution in [0.2, 0.25) is 0 Å². The number of carbonyl (C=O) groups is 1. The van der Waals surface area contributed by atoms with E-state index in [-0.39, 0.29) is 18.1 Å². The Balaban J connectivity index is 1.43. The lowest BCUT2D eigenvalue weighted by Crippen LogP contribution is -2.60. The maximum atomic E-state index is 13.4. The van der Waals surface area contributed by atoms with Crippen molar-refractivity contribution in [3.05, 3.63) is 36.0 Å². The third-order valence-corrected chi connectivity index (χ3v) is 7.25. The lowest BCUT2D eigenvalue weighted by atomic mass is 9.53. The Bertz CT molecular complexity index is 818. The molecule has 4 aliphatic carbocycles. The molecule has 4 heteroatoms. The number of unbranched alkanes of at least 4 members (excludes halogenated alkanes) is 1. The van der Waals surface area contributed by atoms with Gasteiger partial charge in [0.1, 0.15) is 5.69 Å². The largest absolute Gasteiger partial charge is 0.396 e. The number of carbonyl (C=O) groups excluding carboxylic acids is 1. The molecule has 0 atom stereocenters. The fraction of sp³-hybridized carbons (Fsp3) is 0.609. The van der Waals surface area contributed by atoms with Crippen molar-refractivity contribution in [2.24, 2.45) is 17.8 Å². The van der Waals surface area contributed by atoms with Crippen LogP contribution in [0.25, 0.3) is 10.9 Å². The highest BCUT2D eigenvalue weighted by Crippen LogP contribution is 2.55. The maximum Gasteiger partial charge on any atom is 0.268 e. The van der Waals surface area contributed by atoms with Crippen molar-refractivity contribution in [1.29, 1.82) is 0 Å². The van der Waals surface area contributed by atoms with Gasteiger partial charge in [-0.3, -0.25) is 4.79 Å². The zero-order valence-electron chi connectivity index (χ0n) is 16.0. The number of aliphatic hydroxyl groups excluding tert-OH is 1. The summed E-state index contributed by atoms with van der Waals surface area (Å²) < 4.78 is 2.15. The Kier molecular flexibility index (Phi) is 4.27. The topological polar surface area (TPSA) is 54.3 Å². The van der Waals surface area contributed by atoms with Gasteiger partial charge in [-0.25, -0.2) is 0 Å². The molecule has 4 nitrogen and oxygen atoms in total. The Morgan fingerprint density at radius 2 is 1.74 bits per heavy atom. The van der Waals surface area contributed by atoms with Crippen molar-refractivity contribution in [3.63, 3.8) is 0 Å². The molecule has 0 spiro atoms. The molecule has 4 bridgehead atoms. The molecule has 1 aromatic heterocycles. The fourth-order valence-electron chi connectivity index (χ4n) is 6.59. The van der Waals surface area contributed by atoms with Gasteiger partial charge < -0.3 is 15.0 Å². The highest BCUT2D eigenvalue weighted by Gasteiger charge is 2.51. The van der Waals surface area contributed by atoms with Gasteiger partial charge in [0, 0.05) is 29.6 Å². The fourth-order valence-corrected chi connectivity index (χ4v) is 6.59. The molecule has 0 radical (unpaired) electrons. The van der Waals surface area contributed by atoms with Crippen molar-refractivity contribution < 1.29 is 9.90 Å². The van der Waals surface area contributed by atoms with E-state index in [0.717, 1.165) is 53.7 Å². The first-order valence-corrected chi connectivity index (χ1v) is 10.7. The smallest absolute Gasteiger partial charge is 0.268 e. The Labute approximate surface area is 160 Å². The quantitative estimate of drug-likeness (QED) is 0.756. The summed E-state index contributed by atoms with van der Waals surface area (Å²) in [5.74, 6) is 2.57. The van der Waals surface area contributed by atoms with Gasteiger partial charge >= 0.3 is 0 Å². The van der Waals surface area contributed by atoms with Crippen LogP contribution in [0.4, 0.5) is 0 Å². The van der Waals surface area contributed by atoms with Crippen LogP contribution in [0, 0.1) is 17.8 Å². The second-order valence-corrected chi connectivity index (χ2v) is 9.32. The number of para-hydroxylation sites is 1. The number of hydrogen-bond donors (Lipinski definition) is 2. The van der Waals surface area contributed by atoms with E-state index >= 15 is 0 Å². The van der Waals surface area contributed by atoms with Crippen molar-refractivity contribution in [3.8, 4) is 0 Å². The first-order chi connectivity index (χ1) is 13.2. The Hall–Kier alpha value is -1.81. The van der Waals surface area contributed by atoms with Gasteiger partial charge in [-0.05, 0) is 81.3 Å². The SMILES string of the molecule is O=C(NC12CC3CC(CC(C3)C1)C2)c1cc2ccccc2n1CCCCO. The van der Waals surface area contributed by atoms with E-state index in [1.54, 1.807) is 0 Å². The molecule has 1 heterocycles. The predicted molar refractivity (Wildman–Crippen MR) is 107 cm³/mol. The number of aromatic nitrogens is 1. The molecule has 27 heavy (non-hydrogen) atoms. The van der Waals surface area contributed by atoms with E-state index in [2.05, 4.69) is 22.0 Å². The Morgan fingerprint density at radius 3 is 2.41 bits per heavy atom. The summed E-state index contributed by atoms with van der Waals surface area (Å²) in [5, 5.41) is 13.8. The predicted octanol–water partition coefficient (Wildman–Crippen LogP) is 4.11. The van der Waals surface area contributed by atoms with Crippen LogP contribution < -0.4 is 5.32 Å². The first kappa shape index (κ1) is 17.3. The summed E-state index contributed by atoms with van der Waals surface area (Å²) in [5.41, 5.74) is 1.94. The van der Waals surface area contributed by atoms with E-state index in [9.17, 15) is 4.79 Å². The van der Waals surface area contributed by atoms with Crippen LogP contribution in [-0.2, 0) is 6.54 Å². The number of rotatable bonds is 6. The van der Waals surface area contributed by atoms with Crippen molar-refractivity contribution in [1.82, 2.24) is 9.88 Å². The maximum absolute atomic E-state index is 13.4. The second kappa shape index (κ2) is 6.66. The minimum absolute atomic E-state index is 0.0399. The van der Waals surface area contributed by atoms with Gasteiger partial charge in [-0.2, -0.15) is 0 Å². The molecule has 1 amide bonds. The van der Waals surface area contributed by atoms with E-state index in [0.29, 0.717) is 0 Å². The van der Waals surface area contributed by atoms with Crippen molar-refractivity contribution in [2.75, 3.05) is 6.61 Å². The molecule has 0 unspecified atom stereocenters. The van der Waals surface area contributed by atoms with Crippen LogP contribution in [-0.4, -0.2) is 27.7 Å². The number of fused-ring (bicyclic) bond motifs is 1. The van der Waals surface area contributed by atoms with Gasteiger partial charge in [0.15, 0.2) is 0 Å². The summed E-state index contributed by atoms with van der Waals surface area (Å²) >= 11 is 0. The molecule has 2 N–H and O–H groups in total. The van der Waals surface area contributed by atoms with Crippen LogP contribution >= 0.6 is 0 Å². The highest BCUT2D eigenvalue weighted by molar-refractivity contribution is 5.99. The summed E-state index contributed by atoms with van der Waals surface area (Å²) in [7, 11) is 0. The normalized spacial score (nSPS) is 31.5. The van der Waals surface area contributed by atoms with Gasteiger partial charge in [0.25, 0.3) is 5.91 Å². The molecule has 4 aliphatic rings. The first-order valence-electron chi connectivity index (χ1n) is 10.7. The molecule has 0 aliphatic heterocycles. The zero-order valence-corrected chi connectivity index (χ0v) is 16.0. The lowest BCUT2D eigenvalue weighted by molar-refractivity contribution is -0.0168. The molecule has 2 aromatic rings. The van der Waals surface area contributed by atoms with Crippen LogP contribution in [0.3, 0.4) is 0 Å². The van der Waals surface area contributed by atoms with Crippen molar-refractivity contribution >= 4 is 16.8 Å². The molecule has 0 saturated heterocycles. The molecule has 144 valence electrons. The highest BCUT2D eigenvalue weighted by atomic mass is 16.2. The summed E-state index contributed by atoms with van der Waals surface area (Å²) in [6, 6.07) is 10.3. The molecule has 4 saturated carbocycles. The molecule has 6 rings (SSSR count). The van der Waals surface area contributed by atoms with E-state index in [1.165, 1.54) is 38.5 Å². The van der Waals surface area contributed by atoms with Gasteiger partial charge in [-0.1, -0.05) is 18.2 Å². The Morgan fingerprint density at radius 1 is 1.07 bits per heavy atom. The number of hydrogen-bond acceptors (Lipinski definition) is 2. The third kappa shape index (κ3) is 3.08. The van der Waals surface area contributed by atoms with Crippen molar-refractivity contribution in [2.45, 2.75) is 63.5 Å². The minimum atomic E-state index is 0.0399. The van der Waals surface area contributed by atoms with E-state index in [1.807, 2.05) is 18.2 Å². The molecule has 4 fully saturated rings. The minimum Gasteiger partial charge on any atom is -0.396 e. The van der Waals surface area contributed by atoms with E-state index < -0.39 is 0 Å². The number of amides is 1. The number of aliphatic hydroxyl groups is 1.